The molecule has 0 N–H and O–H groups in total. The van der Waals surface area contributed by atoms with Crippen molar-refractivity contribution >= 4 is 53.8 Å². The number of benzene rings is 8. The van der Waals surface area contributed by atoms with Crippen molar-refractivity contribution in [2.75, 3.05) is 0 Å². The van der Waals surface area contributed by atoms with Gasteiger partial charge in [-0.2, -0.15) is 0 Å². The fourth-order valence-corrected chi connectivity index (χ4v) is 8.53. The van der Waals surface area contributed by atoms with E-state index in [0.717, 1.165) is 33.6 Å². The van der Waals surface area contributed by atoms with Crippen LogP contribution in [0.3, 0.4) is 0 Å². The highest BCUT2D eigenvalue weighted by Gasteiger charge is 2.18. The largest absolute Gasteiger partial charge is 0.261 e. The fraction of sp³-hybridized carbons (Fsp3) is 0.0400. The van der Waals surface area contributed by atoms with Gasteiger partial charge in [0.15, 0.2) is 5.84 Å². The van der Waals surface area contributed by atoms with E-state index in [0.29, 0.717) is 6.54 Å². The smallest absolute Gasteiger partial charge is 0.155 e. The van der Waals surface area contributed by atoms with Crippen molar-refractivity contribution in [2.24, 2.45) is 9.98 Å². The number of hydrogen-bond acceptors (Lipinski definition) is 2. The summed E-state index contributed by atoms with van der Waals surface area (Å²) in [5.74, 6) is 0.748. The zero-order valence-electron chi connectivity index (χ0n) is 29.4. The Hall–Kier alpha value is -6.42. The first-order valence-electron chi connectivity index (χ1n) is 18.0. The number of thiophene rings is 1. The average molecular weight is 697 g/mol. The monoisotopic (exact) mass is 696 g/mol. The van der Waals surface area contributed by atoms with Crippen molar-refractivity contribution in [3.8, 4) is 33.4 Å². The van der Waals surface area contributed by atoms with E-state index in [1.807, 2.05) is 23.5 Å². The molecule has 9 aromatic rings. The predicted octanol–water partition coefficient (Wildman–Crippen LogP) is 13.7. The van der Waals surface area contributed by atoms with Gasteiger partial charge in [-0.15, -0.1) is 11.3 Å². The third kappa shape index (κ3) is 6.48. The second-order valence-corrected chi connectivity index (χ2v) is 14.4. The molecule has 0 fully saturated rings. The van der Waals surface area contributed by atoms with E-state index in [1.165, 1.54) is 58.9 Å². The van der Waals surface area contributed by atoms with E-state index in [-0.39, 0.29) is 0 Å². The van der Waals surface area contributed by atoms with Crippen LogP contribution in [0.25, 0.3) is 64.3 Å². The van der Waals surface area contributed by atoms with Crippen molar-refractivity contribution < 1.29 is 0 Å². The van der Waals surface area contributed by atoms with E-state index in [1.54, 1.807) is 0 Å². The molecule has 1 aromatic heterocycles. The lowest BCUT2D eigenvalue weighted by atomic mass is 9.96. The quantitative estimate of drug-likeness (QED) is 0.117. The van der Waals surface area contributed by atoms with Gasteiger partial charge in [0.1, 0.15) is 0 Å². The molecule has 0 amide bonds. The van der Waals surface area contributed by atoms with Crippen LogP contribution in [0.15, 0.2) is 198 Å². The summed E-state index contributed by atoms with van der Waals surface area (Å²) < 4.78 is 2.52. The molecule has 0 spiro atoms. The number of nitrogens with zero attached hydrogens (tertiary/aromatic N) is 2. The highest BCUT2D eigenvalue weighted by atomic mass is 32.1. The second-order valence-electron chi connectivity index (χ2n) is 13.3. The van der Waals surface area contributed by atoms with Gasteiger partial charge in [-0.3, -0.25) is 4.99 Å². The zero-order chi connectivity index (χ0) is 35.6. The standard InChI is InChI=1S/C50H36N2S/c1-34(36-16-7-3-8-17-36)52-50(51-33-35-14-5-2-6-15-35)46-32-47-48(44-21-12-11-20-43(44)46)45-23-13-22-42(49(45)53-47)41-30-28-40(29-31-41)39-26-24-38(25-27-39)37-18-9-4-10-19-37/h2-32H,33H2,1H3. The maximum Gasteiger partial charge on any atom is 0.155 e. The molecule has 0 aliphatic rings. The van der Waals surface area contributed by atoms with Crippen LogP contribution >= 0.6 is 11.3 Å². The molecule has 1 heterocycles. The van der Waals surface area contributed by atoms with Gasteiger partial charge in [0, 0.05) is 31.4 Å². The van der Waals surface area contributed by atoms with Gasteiger partial charge in [0.05, 0.1) is 6.54 Å². The third-order valence-electron chi connectivity index (χ3n) is 9.99. The first-order valence-corrected chi connectivity index (χ1v) is 18.8. The molecule has 0 radical (unpaired) electrons. The average Bonchev–Trinajstić information content (AvgIpc) is 3.62. The molecule has 0 aliphatic heterocycles. The Morgan fingerprint density at radius 1 is 0.491 bits per heavy atom. The molecule has 0 aliphatic carbocycles. The molecule has 0 saturated carbocycles. The summed E-state index contributed by atoms with van der Waals surface area (Å²) in [6.07, 6.45) is 0. The summed E-state index contributed by atoms with van der Waals surface area (Å²) in [5, 5.41) is 4.94. The number of hydrogen-bond donors (Lipinski definition) is 0. The van der Waals surface area contributed by atoms with Gasteiger partial charge >= 0.3 is 0 Å². The van der Waals surface area contributed by atoms with E-state index >= 15 is 0 Å². The molecule has 3 heteroatoms. The maximum atomic E-state index is 5.23. The minimum atomic E-state index is 0.553. The molecule has 2 nitrogen and oxygen atoms in total. The predicted molar refractivity (Wildman–Crippen MR) is 228 cm³/mol. The lowest BCUT2D eigenvalue weighted by Gasteiger charge is -2.11. The Bertz CT molecular complexity index is 2760. The molecular weight excluding hydrogens is 661 g/mol. The lowest BCUT2D eigenvalue weighted by molar-refractivity contribution is 1.06. The van der Waals surface area contributed by atoms with Crippen LogP contribution in [-0.4, -0.2) is 11.5 Å². The van der Waals surface area contributed by atoms with Crippen LogP contribution in [0.2, 0.25) is 0 Å². The van der Waals surface area contributed by atoms with Gasteiger partial charge in [0.25, 0.3) is 0 Å². The highest BCUT2D eigenvalue weighted by Crippen LogP contribution is 2.44. The number of aliphatic imine (C=N–C) groups is 2. The van der Waals surface area contributed by atoms with Crippen molar-refractivity contribution in [1.82, 2.24) is 0 Å². The first kappa shape index (κ1) is 32.5. The second kappa shape index (κ2) is 14.3. The molecular formula is C50H36N2S. The number of rotatable bonds is 7. The molecule has 0 bridgehead atoms. The van der Waals surface area contributed by atoms with Gasteiger partial charge in [0.2, 0.25) is 0 Å². The van der Waals surface area contributed by atoms with Crippen molar-refractivity contribution in [3.05, 3.63) is 205 Å². The highest BCUT2D eigenvalue weighted by molar-refractivity contribution is 7.26. The van der Waals surface area contributed by atoms with Gasteiger partial charge in [-0.25, -0.2) is 4.99 Å². The van der Waals surface area contributed by atoms with E-state index in [2.05, 4.69) is 183 Å². The van der Waals surface area contributed by atoms with Crippen molar-refractivity contribution in [1.29, 1.82) is 0 Å². The van der Waals surface area contributed by atoms with Gasteiger partial charge in [-0.05, 0) is 68.3 Å². The van der Waals surface area contributed by atoms with Gasteiger partial charge < -0.3 is 0 Å². The van der Waals surface area contributed by atoms with Crippen LogP contribution in [0.4, 0.5) is 0 Å². The molecule has 8 aromatic carbocycles. The van der Waals surface area contributed by atoms with E-state index in [4.69, 9.17) is 9.98 Å². The Morgan fingerprint density at radius 3 is 1.68 bits per heavy atom. The van der Waals surface area contributed by atoms with Crippen LogP contribution in [0.5, 0.6) is 0 Å². The Balaban J connectivity index is 1.14. The summed E-state index contributed by atoms with van der Waals surface area (Å²) in [5.41, 5.74) is 11.6. The molecule has 0 atom stereocenters. The topological polar surface area (TPSA) is 24.7 Å². The summed E-state index contributed by atoms with van der Waals surface area (Å²) in [7, 11) is 0. The van der Waals surface area contributed by atoms with E-state index in [9.17, 15) is 0 Å². The Kier molecular flexibility index (Phi) is 8.77. The maximum absolute atomic E-state index is 5.23. The Morgan fingerprint density at radius 2 is 1.02 bits per heavy atom. The van der Waals surface area contributed by atoms with E-state index < -0.39 is 0 Å². The van der Waals surface area contributed by atoms with Crippen LogP contribution in [-0.2, 0) is 6.54 Å². The molecule has 9 rings (SSSR count). The molecule has 252 valence electrons. The molecule has 0 unspecified atom stereocenters. The summed E-state index contributed by atoms with van der Waals surface area (Å²) in [4.78, 5) is 10.4. The summed E-state index contributed by atoms with van der Waals surface area (Å²) in [6, 6.07) is 67.0. The fourth-order valence-electron chi connectivity index (χ4n) is 7.24. The van der Waals surface area contributed by atoms with Crippen molar-refractivity contribution in [3.63, 3.8) is 0 Å². The van der Waals surface area contributed by atoms with Crippen LogP contribution in [0.1, 0.15) is 23.6 Å². The summed E-state index contributed by atoms with van der Waals surface area (Å²) in [6.45, 7) is 2.63. The van der Waals surface area contributed by atoms with Crippen molar-refractivity contribution in [2.45, 2.75) is 13.5 Å². The lowest BCUT2D eigenvalue weighted by Crippen LogP contribution is -2.05. The zero-order valence-corrected chi connectivity index (χ0v) is 30.2. The number of amidine groups is 1. The number of fused-ring (bicyclic) bond motifs is 5. The molecule has 0 saturated heterocycles. The van der Waals surface area contributed by atoms with Gasteiger partial charge in [-0.1, -0.05) is 182 Å². The first-order chi connectivity index (χ1) is 26.2. The summed E-state index contributed by atoms with van der Waals surface area (Å²) >= 11 is 1.86. The van der Waals surface area contributed by atoms with Crippen LogP contribution < -0.4 is 0 Å². The normalized spacial score (nSPS) is 12.2. The SMILES string of the molecule is CC(=NC(=NCc1ccccc1)c1cc2sc3c(-c4ccc(-c5ccc(-c6ccccc6)cc5)cc4)cccc3c2c2ccccc12)c1ccccc1. The van der Waals surface area contributed by atoms with Crippen LogP contribution in [0, 0.1) is 0 Å². The third-order valence-corrected chi connectivity index (χ3v) is 11.2. The molecule has 53 heavy (non-hydrogen) atoms. The minimum absolute atomic E-state index is 0.553. The minimum Gasteiger partial charge on any atom is -0.261 e. The Labute approximate surface area is 314 Å².